The van der Waals surface area contributed by atoms with Gasteiger partial charge in [0.05, 0.1) is 5.54 Å². The van der Waals surface area contributed by atoms with Crippen LogP contribution >= 0.6 is 0 Å². The van der Waals surface area contributed by atoms with Crippen LogP contribution in [-0.2, 0) is 4.79 Å². The molecule has 0 aromatic heterocycles. The van der Waals surface area contributed by atoms with Crippen LogP contribution in [0.5, 0.6) is 0 Å². The maximum absolute atomic E-state index is 12.3. The van der Waals surface area contributed by atoms with E-state index in [0.717, 1.165) is 25.7 Å². The van der Waals surface area contributed by atoms with Gasteiger partial charge in [0.1, 0.15) is 0 Å². The predicted octanol–water partition coefficient (Wildman–Crippen LogP) is 1.56. The van der Waals surface area contributed by atoms with Gasteiger partial charge < -0.3 is 16.2 Å². The van der Waals surface area contributed by atoms with Crippen LogP contribution in [0.2, 0.25) is 0 Å². The number of nitrogens with one attached hydrogen (secondary N) is 1. The van der Waals surface area contributed by atoms with Crippen molar-refractivity contribution in [3.8, 4) is 0 Å². The molecule has 0 radical (unpaired) electrons. The zero-order valence-electron chi connectivity index (χ0n) is 12.0. The third kappa shape index (κ3) is 3.95. The minimum atomic E-state index is -0.697. The molecule has 1 saturated carbocycles. The van der Waals surface area contributed by atoms with Crippen LogP contribution in [0.15, 0.2) is 0 Å². The highest BCUT2D eigenvalue weighted by Gasteiger charge is 2.37. The van der Waals surface area contributed by atoms with Gasteiger partial charge in [-0.25, -0.2) is 0 Å². The van der Waals surface area contributed by atoms with E-state index in [1.165, 1.54) is 6.42 Å². The lowest BCUT2D eigenvalue weighted by Gasteiger charge is -2.37. The molecule has 0 bridgehead atoms. The number of nitrogens with two attached hydrogens (primary N) is 1. The van der Waals surface area contributed by atoms with Crippen molar-refractivity contribution in [1.82, 2.24) is 5.32 Å². The van der Waals surface area contributed by atoms with Gasteiger partial charge in [-0.3, -0.25) is 4.79 Å². The molecule has 1 unspecified atom stereocenters. The first kappa shape index (κ1) is 15.4. The summed E-state index contributed by atoms with van der Waals surface area (Å²) in [7, 11) is 0. The Labute approximate surface area is 110 Å². The van der Waals surface area contributed by atoms with E-state index >= 15 is 0 Å². The number of carbonyl (C=O) groups excluding carboxylic acids is 1. The molecular weight excluding hydrogens is 228 g/mol. The number of aliphatic hydroxyl groups is 1. The summed E-state index contributed by atoms with van der Waals surface area (Å²) in [5.41, 5.74) is 5.45. The molecule has 1 fully saturated rings. The highest BCUT2D eigenvalue weighted by molar-refractivity contribution is 5.86. The fraction of sp³-hybridized carbons (Fsp3) is 0.929. The fourth-order valence-electron chi connectivity index (χ4n) is 2.56. The SMILES string of the molecule is CC(C)(C)C(CCO)NC(=O)C1(N)CCCCC1. The summed E-state index contributed by atoms with van der Waals surface area (Å²) >= 11 is 0. The van der Waals surface area contributed by atoms with E-state index in [4.69, 9.17) is 10.8 Å². The van der Waals surface area contributed by atoms with Crippen LogP contribution in [-0.4, -0.2) is 29.2 Å². The molecule has 0 aliphatic heterocycles. The smallest absolute Gasteiger partial charge is 0.240 e. The highest BCUT2D eigenvalue weighted by Crippen LogP contribution is 2.28. The Bertz CT molecular complexity index is 278. The lowest BCUT2D eigenvalue weighted by molar-refractivity contribution is -0.129. The second-order valence-electron chi connectivity index (χ2n) is 6.62. The van der Waals surface area contributed by atoms with Crippen molar-refractivity contribution in [2.45, 2.75) is 70.9 Å². The molecule has 4 heteroatoms. The molecule has 1 amide bonds. The minimum absolute atomic E-state index is 0.0302. The molecule has 4 N–H and O–H groups in total. The maximum Gasteiger partial charge on any atom is 0.240 e. The molecule has 0 heterocycles. The largest absolute Gasteiger partial charge is 0.396 e. The summed E-state index contributed by atoms with van der Waals surface area (Å²) in [6.07, 6.45) is 5.36. The van der Waals surface area contributed by atoms with Gasteiger partial charge in [0.25, 0.3) is 0 Å². The van der Waals surface area contributed by atoms with Crippen molar-refractivity contribution in [3.63, 3.8) is 0 Å². The third-order valence-electron chi connectivity index (χ3n) is 3.97. The van der Waals surface area contributed by atoms with Crippen LogP contribution in [0.4, 0.5) is 0 Å². The van der Waals surface area contributed by atoms with E-state index in [9.17, 15) is 4.79 Å². The Hall–Kier alpha value is -0.610. The Morgan fingerprint density at radius 1 is 1.33 bits per heavy atom. The van der Waals surface area contributed by atoms with Gasteiger partial charge in [0.2, 0.25) is 5.91 Å². The number of hydrogen-bond acceptors (Lipinski definition) is 3. The zero-order valence-corrected chi connectivity index (χ0v) is 12.0. The summed E-state index contributed by atoms with van der Waals surface area (Å²) in [6.45, 7) is 6.28. The molecule has 0 aromatic rings. The lowest BCUT2D eigenvalue weighted by atomic mass is 9.80. The molecule has 106 valence electrons. The molecule has 0 saturated heterocycles. The van der Waals surface area contributed by atoms with E-state index in [-0.39, 0.29) is 24.0 Å². The molecule has 1 aliphatic rings. The summed E-state index contributed by atoms with van der Waals surface area (Å²) in [5.74, 6) is -0.0458. The second-order valence-corrected chi connectivity index (χ2v) is 6.62. The standard InChI is InChI=1S/C14H28N2O2/c1-13(2,3)11(7-10-17)16-12(18)14(15)8-5-4-6-9-14/h11,17H,4-10,15H2,1-3H3,(H,16,18). The van der Waals surface area contributed by atoms with Crippen LogP contribution in [0.1, 0.15) is 59.3 Å². The van der Waals surface area contributed by atoms with Gasteiger partial charge in [-0.2, -0.15) is 0 Å². The molecule has 0 aromatic carbocycles. The van der Waals surface area contributed by atoms with Crippen molar-refractivity contribution in [3.05, 3.63) is 0 Å². The van der Waals surface area contributed by atoms with Gasteiger partial charge in [-0.05, 0) is 24.7 Å². The average Bonchev–Trinajstić information content (AvgIpc) is 2.28. The van der Waals surface area contributed by atoms with Crippen molar-refractivity contribution in [2.75, 3.05) is 6.61 Å². The summed E-state index contributed by atoms with van der Waals surface area (Å²) in [5, 5.41) is 12.1. The number of amides is 1. The van der Waals surface area contributed by atoms with E-state index < -0.39 is 5.54 Å². The molecule has 1 aliphatic carbocycles. The van der Waals surface area contributed by atoms with Gasteiger partial charge >= 0.3 is 0 Å². The Morgan fingerprint density at radius 2 is 1.89 bits per heavy atom. The van der Waals surface area contributed by atoms with E-state index in [1.807, 2.05) is 0 Å². The fourth-order valence-corrected chi connectivity index (χ4v) is 2.56. The Morgan fingerprint density at radius 3 is 2.33 bits per heavy atom. The Kier molecular flexibility index (Phi) is 5.17. The van der Waals surface area contributed by atoms with Crippen LogP contribution in [0, 0.1) is 5.41 Å². The monoisotopic (exact) mass is 256 g/mol. The van der Waals surface area contributed by atoms with Gasteiger partial charge in [0, 0.05) is 12.6 Å². The summed E-state index contributed by atoms with van der Waals surface area (Å²) in [4.78, 5) is 12.3. The Balaban J connectivity index is 2.65. The van der Waals surface area contributed by atoms with Crippen LogP contribution in [0.25, 0.3) is 0 Å². The molecular formula is C14H28N2O2. The first-order valence-corrected chi connectivity index (χ1v) is 7.00. The molecule has 4 nitrogen and oxygen atoms in total. The van der Waals surface area contributed by atoms with Gasteiger partial charge in [0.15, 0.2) is 0 Å². The van der Waals surface area contributed by atoms with E-state index in [1.54, 1.807) is 0 Å². The molecule has 1 rings (SSSR count). The van der Waals surface area contributed by atoms with Crippen molar-refractivity contribution < 1.29 is 9.90 Å². The number of carbonyl (C=O) groups is 1. The lowest BCUT2D eigenvalue weighted by Crippen LogP contribution is -2.59. The topological polar surface area (TPSA) is 75.3 Å². The quantitative estimate of drug-likeness (QED) is 0.714. The third-order valence-corrected chi connectivity index (χ3v) is 3.97. The zero-order chi connectivity index (χ0) is 13.8. The van der Waals surface area contributed by atoms with Crippen LogP contribution < -0.4 is 11.1 Å². The van der Waals surface area contributed by atoms with Gasteiger partial charge in [-0.1, -0.05) is 40.0 Å². The number of rotatable bonds is 4. The predicted molar refractivity (Wildman–Crippen MR) is 73.1 cm³/mol. The van der Waals surface area contributed by atoms with E-state index in [2.05, 4.69) is 26.1 Å². The minimum Gasteiger partial charge on any atom is -0.396 e. The second kappa shape index (κ2) is 6.02. The first-order valence-electron chi connectivity index (χ1n) is 7.00. The number of hydrogen-bond donors (Lipinski definition) is 3. The van der Waals surface area contributed by atoms with Gasteiger partial charge in [-0.15, -0.1) is 0 Å². The van der Waals surface area contributed by atoms with E-state index in [0.29, 0.717) is 6.42 Å². The average molecular weight is 256 g/mol. The van der Waals surface area contributed by atoms with Crippen LogP contribution in [0.3, 0.4) is 0 Å². The molecule has 1 atom stereocenters. The molecule has 18 heavy (non-hydrogen) atoms. The molecule has 0 spiro atoms. The summed E-state index contributed by atoms with van der Waals surface area (Å²) < 4.78 is 0. The maximum atomic E-state index is 12.3. The van der Waals surface area contributed by atoms with Crippen molar-refractivity contribution in [2.24, 2.45) is 11.1 Å². The first-order chi connectivity index (χ1) is 8.29. The van der Waals surface area contributed by atoms with Crippen molar-refractivity contribution in [1.29, 1.82) is 0 Å². The number of aliphatic hydroxyl groups excluding tert-OH is 1. The highest BCUT2D eigenvalue weighted by atomic mass is 16.3. The normalized spacial score (nSPS) is 21.4. The summed E-state index contributed by atoms with van der Waals surface area (Å²) in [6, 6.07) is -0.0302. The van der Waals surface area contributed by atoms with Crippen molar-refractivity contribution >= 4 is 5.91 Å².